The van der Waals surface area contributed by atoms with Gasteiger partial charge in [0.15, 0.2) is 0 Å². The molecule has 1 aromatic carbocycles. The maximum atomic E-state index is 12.5. The number of carbonyl (C=O) groups is 2. The molecule has 0 aliphatic carbocycles. The second-order valence-electron chi connectivity index (χ2n) is 7.84. The molecule has 0 fully saturated rings. The zero-order valence-corrected chi connectivity index (χ0v) is 16.5. The van der Waals surface area contributed by atoms with Crippen molar-refractivity contribution >= 4 is 24.4 Å². The summed E-state index contributed by atoms with van der Waals surface area (Å²) in [6.45, 7) is 10.1. The van der Waals surface area contributed by atoms with E-state index in [1.807, 2.05) is 0 Å². The van der Waals surface area contributed by atoms with Crippen LogP contribution in [0.15, 0.2) is 24.3 Å². The molecule has 0 aliphatic rings. The molecule has 8 nitrogen and oxygen atoms in total. The van der Waals surface area contributed by atoms with Crippen LogP contribution < -0.4 is 5.32 Å². The predicted molar refractivity (Wildman–Crippen MR) is 100 cm³/mol. The second-order valence-corrected chi connectivity index (χ2v) is 7.84. The molecule has 0 aliphatic heterocycles. The Balaban J connectivity index is 2.98. The Labute approximate surface area is 159 Å². The average Bonchev–Trinajstić information content (AvgIpc) is 2.49. The van der Waals surface area contributed by atoms with Gasteiger partial charge in [0.1, 0.15) is 11.2 Å². The molecule has 2 amide bonds. The lowest BCUT2D eigenvalue weighted by molar-refractivity contribution is 0.0346. The van der Waals surface area contributed by atoms with Gasteiger partial charge in [0.05, 0.1) is 6.54 Å². The first-order chi connectivity index (χ1) is 12.3. The quantitative estimate of drug-likeness (QED) is 0.621. The van der Waals surface area contributed by atoms with Crippen LogP contribution in [-0.2, 0) is 20.8 Å². The molecule has 0 saturated heterocycles. The molecular formula is C19H26N3O5. The lowest BCUT2D eigenvalue weighted by Crippen LogP contribution is -2.49. The minimum atomic E-state index is -0.855. The summed E-state index contributed by atoms with van der Waals surface area (Å²) in [6, 6.07) is 6.33. The number of amides is 2. The monoisotopic (exact) mass is 376 g/mol. The molecule has 1 aromatic rings. The van der Waals surface area contributed by atoms with Crippen molar-refractivity contribution in [3.05, 3.63) is 35.4 Å². The summed E-state index contributed by atoms with van der Waals surface area (Å²) in [5, 5.41) is 10.3. The molecule has 0 aromatic heterocycles. The molecule has 0 unspecified atom stereocenters. The highest BCUT2D eigenvalue weighted by Crippen LogP contribution is 2.14. The third-order valence-corrected chi connectivity index (χ3v) is 2.92. The Bertz CT molecular complexity index is 700. The smallest absolute Gasteiger partial charge is 0.417 e. The van der Waals surface area contributed by atoms with E-state index in [1.165, 1.54) is 0 Å². The summed E-state index contributed by atoms with van der Waals surface area (Å²) >= 11 is 0. The van der Waals surface area contributed by atoms with Crippen molar-refractivity contribution in [1.82, 2.24) is 10.2 Å². The van der Waals surface area contributed by atoms with Crippen LogP contribution in [0.5, 0.6) is 0 Å². The first-order valence-electron chi connectivity index (χ1n) is 8.37. The Morgan fingerprint density at radius 2 is 1.56 bits per heavy atom. The average molecular weight is 376 g/mol. The number of hydrogen-bond acceptors (Lipinski definition) is 6. The van der Waals surface area contributed by atoms with Crippen LogP contribution in [0.3, 0.4) is 0 Å². The summed E-state index contributed by atoms with van der Waals surface area (Å²) in [6.07, 6.45) is 0.110. The van der Waals surface area contributed by atoms with Crippen molar-refractivity contribution in [2.24, 2.45) is 0 Å². The van der Waals surface area contributed by atoms with Gasteiger partial charge >= 0.3 is 12.2 Å². The summed E-state index contributed by atoms with van der Waals surface area (Å²) in [5.41, 5.74) is -0.528. The van der Waals surface area contributed by atoms with Gasteiger partial charge in [0, 0.05) is 5.56 Å². The Hall–Kier alpha value is -2.90. The third kappa shape index (κ3) is 8.35. The van der Waals surface area contributed by atoms with E-state index in [-0.39, 0.29) is 6.54 Å². The van der Waals surface area contributed by atoms with Gasteiger partial charge in [-0.05, 0) is 47.1 Å². The minimum Gasteiger partial charge on any atom is -0.444 e. The zero-order chi connectivity index (χ0) is 20.8. The van der Waals surface area contributed by atoms with Crippen LogP contribution >= 0.6 is 0 Å². The molecule has 0 spiro atoms. The summed E-state index contributed by atoms with van der Waals surface area (Å²) in [5.74, 6) is -0.482. The van der Waals surface area contributed by atoms with E-state index in [4.69, 9.17) is 14.9 Å². The number of guanidine groups is 1. The van der Waals surface area contributed by atoms with Crippen molar-refractivity contribution in [3.8, 4) is 0 Å². The Kier molecular flexibility index (Phi) is 7.10. The molecule has 8 heteroatoms. The Morgan fingerprint density at radius 3 is 2.00 bits per heavy atom. The van der Waals surface area contributed by atoms with E-state index < -0.39 is 29.3 Å². The highest BCUT2D eigenvalue weighted by Gasteiger charge is 2.27. The lowest BCUT2D eigenvalue weighted by Gasteiger charge is -2.28. The number of hydrogen-bond donors (Lipinski definition) is 2. The molecule has 1 rings (SSSR count). The molecule has 1 radical (unpaired) electrons. The van der Waals surface area contributed by atoms with Crippen molar-refractivity contribution in [2.45, 2.75) is 59.3 Å². The first kappa shape index (κ1) is 22.1. The van der Waals surface area contributed by atoms with Crippen molar-refractivity contribution in [2.75, 3.05) is 0 Å². The normalized spacial score (nSPS) is 11.3. The SMILES string of the molecule is CC(C)(C)OC(=O)NC(=N)N(Cc1ccc([C]=O)cc1)C(=O)OC(C)(C)C. The summed E-state index contributed by atoms with van der Waals surface area (Å²) in [4.78, 5) is 36.0. The van der Waals surface area contributed by atoms with Gasteiger partial charge in [0.2, 0.25) is 12.2 Å². The van der Waals surface area contributed by atoms with Crippen molar-refractivity contribution in [1.29, 1.82) is 5.41 Å². The van der Waals surface area contributed by atoms with Crippen LogP contribution in [0.25, 0.3) is 0 Å². The molecule has 27 heavy (non-hydrogen) atoms. The number of carbonyl (C=O) groups excluding carboxylic acids is 3. The molecule has 0 atom stereocenters. The van der Waals surface area contributed by atoms with Gasteiger partial charge in [-0.3, -0.25) is 15.5 Å². The van der Waals surface area contributed by atoms with E-state index >= 15 is 0 Å². The van der Waals surface area contributed by atoms with E-state index in [2.05, 4.69) is 5.32 Å². The van der Waals surface area contributed by atoms with E-state index in [0.717, 1.165) is 4.90 Å². The fraction of sp³-hybridized carbons (Fsp3) is 0.474. The van der Waals surface area contributed by atoms with Gasteiger partial charge in [-0.1, -0.05) is 24.3 Å². The number of alkyl carbamates (subject to hydrolysis) is 1. The fourth-order valence-electron chi connectivity index (χ4n) is 1.88. The standard InChI is InChI=1S/C19H26N3O5/c1-18(2,3)26-16(24)21-15(20)22(17(25)27-19(4,5)6)11-13-7-9-14(12-23)10-8-13/h7-10H,11H2,1-6H3,(H2,20,21,24). The third-order valence-electron chi connectivity index (χ3n) is 2.92. The van der Waals surface area contributed by atoms with Gasteiger partial charge in [0.25, 0.3) is 0 Å². The van der Waals surface area contributed by atoms with Crippen LogP contribution in [-0.4, -0.2) is 40.5 Å². The predicted octanol–water partition coefficient (Wildman–Crippen LogP) is 3.34. The van der Waals surface area contributed by atoms with E-state index in [1.54, 1.807) is 72.1 Å². The van der Waals surface area contributed by atoms with E-state index in [9.17, 15) is 14.4 Å². The molecule has 0 bridgehead atoms. The van der Waals surface area contributed by atoms with Crippen LogP contribution in [0.4, 0.5) is 9.59 Å². The molecule has 0 heterocycles. The topological polar surface area (TPSA) is 109 Å². The second kappa shape index (κ2) is 8.66. The number of nitrogens with one attached hydrogen (secondary N) is 2. The molecule has 147 valence electrons. The number of ether oxygens (including phenoxy) is 2. The van der Waals surface area contributed by atoms with Crippen LogP contribution in [0.2, 0.25) is 0 Å². The van der Waals surface area contributed by atoms with Gasteiger partial charge in [-0.25, -0.2) is 14.5 Å². The maximum Gasteiger partial charge on any atom is 0.417 e. The zero-order valence-electron chi connectivity index (χ0n) is 16.5. The van der Waals surface area contributed by atoms with E-state index in [0.29, 0.717) is 11.1 Å². The molecule has 2 N–H and O–H groups in total. The highest BCUT2D eigenvalue weighted by atomic mass is 16.6. The summed E-state index contributed by atoms with van der Waals surface area (Å²) < 4.78 is 10.4. The van der Waals surface area contributed by atoms with Crippen molar-refractivity contribution in [3.63, 3.8) is 0 Å². The first-order valence-corrected chi connectivity index (χ1v) is 8.37. The van der Waals surface area contributed by atoms with Gasteiger partial charge in [-0.15, -0.1) is 0 Å². The van der Waals surface area contributed by atoms with Crippen molar-refractivity contribution < 1.29 is 23.9 Å². The highest BCUT2D eigenvalue weighted by molar-refractivity contribution is 5.99. The maximum absolute atomic E-state index is 12.5. The van der Waals surface area contributed by atoms with Gasteiger partial charge in [-0.2, -0.15) is 0 Å². The Morgan fingerprint density at radius 1 is 1.04 bits per heavy atom. The molecule has 0 saturated carbocycles. The lowest BCUT2D eigenvalue weighted by atomic mass is 10.1. The number of rotatable bonds is 3. The van der Waals surface area contributed by atoms with Crippen LogP contribution in [0, 0.1) is 5.41 Å². The summed E-state index contributed by atoms with van der Waals surface area (Å²) in [7, 11) is 0. The van der Waals surface area contributed by atoms with Gasteiger partial charge < -0.3 is 9.47 Å². The molecular weight excluding hydrogens is 350 g/mol. The number of benzene rings is 1. The fourth-order valence-corrected chi connectivity index (χ4v) is 1.88. The van der Waals surface area contributed by atoms with Crippen LogP contribution in [0.1, 0.15) is 52.7 Å². The largest absolute Gasteiger partial charge is 0.444 e. The number of nitrogens with zero attached hydrogens (tertiary/aromatic N) is 1. The minimum absolute atomic E-state index is 0.0390.